The molecule has 0 bridgehead atoms. The van der Waals surface area contributed by atoms with Gasteiger partial charge in [-0.1, -0.05) is 25.7 Å². The van der Waals surface area contributed by atoms with Crippen molar-refractivity contribution >= 4 is 5.91 Å². The van der Waals surface area contributed by atoms with Crippen LogP contribution in [-0.4, -0.2) is 49.6 Å². The van der Waals surface area contributed by atoms with E-state index in [1.165, 1.54) is 25.7 Å². The molecule has 0 unspecified atom stereocenters. The number of hydrogen-bond acceptors (Lipinski definition) is 3. The Morgan fingerprint density at radius 1 is 1.12 bits per heavy atom. The van der Waals surface area contributed by atoms with Gasteiger partial charge in [-0.25, -0.2) is 0 Å². The Labute approximate surface area is 104 Å². The van der Waals surface area contributed by atoms with Gasteiger partial charge in [0.1, 0.15) is 0 Å². The van der Waals surface area contributed by atoms with E-state index < -0.39 is 0 Å². The first-order valence-electron chi connectivity index (χ1n) is 6.97. The van der Waals surface area contributed by atoms with E-state index in [-0.39, 0.29) is 5.54 Å². The summed E-state index contributed by atoms with van der Waals surface area (Å²) in [7, 11) is 1.95. The average Bonchev–Trinajstić information content (AvgIpc) is 2.65. The molecular formula is C13H25N3O. The van der Waals surface area contributed by atoms with Crippen molar-refractivity contribution in [2.45, 2.75) is 44.1 Å². The average molecular weight is 239 g/mol. The number of rotatable bonds is 2. The third-order valence-electron chi connectivity index (χ3n) is 4.25. The molecule has 2 fully saturated rings. The number of amides is 1. The van der Waals surface area contributed by atoms with Crippen LogP contribution in [0.15, 0.2) is 0 Å². The SMILES string of the molecule is CNC1(C(=O)N2CCNCC2)CCCCCC1. The summed E-state index contributed by atoms with van der Waals surface area (Å²) in [6.45, 7) is 3.60. The zero-order valence-electron chi connectivity index (χ0n) is 10.9. The van der Waals surface area contributed by atoms with Crippen LogP contribution in [0.4, 0.5) is 0 Å². The minimum atomic E-state index is -0.270. The molecule has 1 aliphatic heterocycles. The van der Waals surface area contributed by atoms with Crippen molar-refractivity contribution in [2.75, 3.05) is 33.2 Å². The van der Waals surface area contributed by atoms with E-state index in [4.69, 9.17) is 0 Å². The largest absolute Gasteiger partial charge is 0.339 e. The molecule has 4 heteroatoms. The number of piperazine rings is 1. The number of carbonyl (C=O) groups excluding carboxylic acids is 1. The van der Waals surface area contributed by atoms with Crippen molar-refractivity contribution in [3.05, 3.63) is 0 Å². The first-order chi connectivity index (χ1) is 8.28. The third-order valence-corrected chi connectivity index (χ3v) is 4.25. The second-order valence-electron chi connectivity index (χ2n) is 5.29. The van der Waals surface area contributed by atoms with Crippen LogP contribution in [0.1, 0.15) is 38.5 Å². The minimum Gasteiger partial charge on any atom is -0.339 e. The standard InChI is InChI=1S/C13H25N3O/c1-14-13(6-4-2-3-5-7-13)12(17)16-10-8-15-9-11-16/h14-15H,2-11H2,1H3. The van der Waals surface area contributed by atoms with Gasteiger partial charge in [0.2, 0.25) is 5.91 Å². The molecule has 98 valence electrons. The molecule has 0 spiro atoms. The van der Waals surface area contributed by atoms with E-state index in [2.05, 4.69) is 10.6 Å². The minimum absolute atomic E-state index is 0.270. The van der Waals surface area contributed by atoms with Crippen molar-refractivity contribution in [3.63, 3.8) is 0 Å². The molecular weight excluding hydrogens is 214 g/mol. The number of nitrogens with zero attached hydrogens (tertiary/aromatic N) is 1. The Balaban J connectivity index is 2.06. The van der Waals surface area contributed by atoms with Crippen LogP contribution in [0.25, 0.3) is 0 Å². The number of nitrogens with one attached hydrogen (secondary N) is 2. The lowest BCUT2D eigenvalue weighted by atomic mass is 9.88. The third kappa shape index (κ3) is 2.80. The van der Waals surface area contributed by atoms with Crippen LogP contribution < -0.4 is 10.6 Å². The van der Waals surface area contributed by atoms with E-state index in [0.29, 0.717) is 5.91 Å². The van der Waals surface area contributed by atoms with Crippen LogP contribution in [0.5, 0.6) is 0 Å². The molecule has 0 atom stereocenters. The first kappa shape index (κ1) is 12.8. The summed E-state index contributed by atoms with van der Waals surface area (Å²) in [5.41, 5.74) is -0.270. The lowest BCUT2D eigenvalue weighted by Crippen LogP contribution is -2.60. The van der Waals surface area contributed by atoms with E-state index in [1.807, 2.05) is 11.9 Å². The van der Waals surface area contributed by atoms with Gasteiger partial charge in [-0.05, 0) is 19.9 Å². The van der Waals surface area contributed by atoms with Crippen LogP contribution in [0.3, 0.4) is 0 Å². The van der Waals surface area contributed by atoms with Crippen molar-refractivity contribution in [2.24, 2.45) is 0 Å². The monoisotopic (exact) mass is 239 g/mol. The van der Waals surface area contributed by atoms with Crippen molar-refractivity contribution in [1.82, 2.24) is 15.5 Å². The predicted octanol–water partition coefficient (Wildman–Crippen LogP) is 0.731. The second kappa shape index (κ2) is 5.83. The van der Waals surface area contributed by atoms with Crippen LogP contribution in [-0.2, 0) is 4.79 Å². The highest BCUT2D eigenvalue weighted by Gasteiger charge is 2.39. The van der Waals surface area contributed by atoms with E-state index in [0.717, 1.165) is 39.0 Å². The Morgan fingerprint density at radius 2 is 1.71 bits per heavy atom. The van der Waals surface area contributed by atoms with Gasteiger partial charge >= 0.3 is 0 Å². The fourth-order valence-corrected chi connectivity index (χ4v) is 3.07. The Morgan fingerprint density at radius 3 is 2.24 bits per heavy atom. The van der Waals surface area contributed by atoms with E-state index in [1.54, 1.807) is 0 Å². The van der Waals surface area contributed by atoms with Gasteiger partial charge in [0.05, 0.1) is 5.54 Å². The molecule has 0 aromatic carbocycles. The lowest BCUT2D eigenvalue weighted by Gasteiger charge is -2.38. The Bertz CT molecular complexity index is 253. The molecule has 2 rings (SSSR count). The summed E-state index contributed by atoms with van der Waals surface area (Å²) >= 11 is 0. The highest BCUT2D eigenvalue weighted by molar-refractivity contribution is 5.86. The smallest absolute Gasteiger partial charge is 0.242 e. The van der Waals surface area contributed by atoms with Gasteiger partial charge in [0.25, 0.3) is 0 Å². The van der Waals surface area contributed by atoms with Crippen LogP contribution in [0, 0.1) is 0 Å². The van der Waals surface area contributed by atoms with Crippen molar-refractivity contribution in [1.29, 1.82) is 0 Å². The quantitative estimate of drug-likeness (QED) is 0.698. The predicted molar refractivity (Wildman–Crippen MR) is 68.9 cm³/mol. The molecule has 0 aromatic heterocycles. The molecule has 1 aliphatic carbocycles. The maximum absolute atomic E-state index is 12.7. The van der Waals surface area contributed by atoms with E-state index >= 15 is 0 Å². The summed E-state index contributed by atoms with van der Waals surface area (Å²) in [6.07, 6.45) is 6.92. The first-order valence-corrected chi connectivity index (χ1v) is 6.97. The molecule has 2 aliphatic rings. The molecule has 1 amide bonds. The summed E-state index contributed by atoms with van der Waals surface area (Å²) in [4.78, 5) is 14.7. The molecule has 17 heavy (non-hydrogen) atoms. The summed E-state index contributed by atoms with van der Waals surface area (Å²) < 4.78 is 0. The topological polar surface area (TPSA) is 44.4 Å². The fourth-order valence-electron chi connectivity index (χ4n) is 3.07. The van der Waals surface area contributed by atoms with Gasteiger partial charge < -0.3 is 15.5 Å². The number of carbonyl (C=O) groups is 1. The maximum atomic E-state index is 12.7. The molecule has 1 saturated heterocycles. The van der Waals surface area contributed by atoms with Crippen molar-refractivity contribution in [3.8, 4) is 0 Å². The highest BCUT2D eigenvalue weighted by atomic mass is 16.2. The molecule has 0 aromatic rings. The van der Waals surface area contributed by atoms with Crippen LogP contribution >= 0.6 is 0 Å². The van der Waals surface area contributed by atoms with Gasteiger partial charge in [-0.3, -0.25) is 4.79 Å². The molecule has 1 saturated carbocycles. The summed E-state index contributed by atoms with van der Waals surface area (Å²) in [6, 6.07) is 0. The van der Waals surface area contributed by atoms with Crippen molar-refractivity contribution < 1.29 is 4.79 Å². The number of likely N-dealkylation sites (N-methyl/N-ethyl adjacent to an activating group) is 1. The normalized spacial score (nSPS) is 25.4. The maximum Gasteiger partial charge on any atom is 0.242 e. The summed E-state index contributed by atoms with van der Waals surface area (Å²) in [5, 5.41) is 6.64. The molecule has 1 heterocycles. The highest BCUT2D eigenvalue weighted by Crippen LogP contribution is 2.28. The van der Waals surface area contributed by atoms with E-state index in [9.17, 15) is 4.79 Å². The zero-order valence-corrected chi connectivity index (χ0v) is 10.9. The van der Waals surface area contributed by atoms with Gasteiger partial charge in [-0.15, -0.1) is 0 Å². The molecule has 4 nitrogen and oxygen atoms in total. The molecule has 0 radical (unpaired) electrons. The van der Waals surface area contributed by atoms with Crippen LogP contribution in [0.2, 0.25) is 0 Å². The summed E-state index contributed by atoms with van der Waals surface area (Å²) in [5.74, 6) is 0.336. The van der Waals surface area contributed by atoms with Gasteiger partial charge in [0, 0.05) is 26.2 Å². The Kier molecular flexibility index (Phi) is 4.40. The second-order valence-corrected chi connectivity index (χ2v) is 5.29. The lowest BCUT2D eigenvalue weighted by molar-refractivity contribution is -0.139. The van der Waals surface area contributed by atoms with Gasteiger partial charge in [0.15, 0.2) is 0 Å². The Hall–Kier alpha value is -0.610. The van der Waals surface area contributed by atoms with Gasteiger partial charge in [-0.2, -0.15) is 0 Å². The number of hydrogen-bond donors (Lipinski definition) is 2. The zero-order chi connectivity index (χ0) is 12.1. The fraction of sp³-hybridized carbons (Fsp3) is 0.923. The molecule has 2 N–H and O–H groups in total.